The quantitative estimate of drug-likeness (QED) is 0.629. The van der Waals surface area contributed by atoms with Crippen molar-refractivity contribution in [2.45, 2.75) is 18.3 Å². The Labute approximate surface area is 58.4 Å². The van der Waals surface area contributed by atoms with E-state index in [1.807, 2.05) is 0 Å². The molecule has 2 N–H and O–H groups in total. The summed E-state index contributed by atoms with van der Waals surface area (Å²) in [6, 6.07) is 0. The second kappa shape index (κ2) is 1.79. The minimum Gasteiger partial charge on any atom is -0.339 e. The normalized spacial score (nSPS) is 20.9. The Morgan fingerprint density at radius 1 is 1.70 bits per heavy atom. The Hall–Kier alpha value is -0.900. The summed E-state index contributed by atoms with van der Waals surface area (Å²) in [6.07, 6.45) is 3.60. The Bertz CT molecular complexity index is 215. The summed E-state index contributed by atoms with van der Waals surface area (Å²) in [7, 11) is 0. The zero-order chi connectivity index (χ0) is 7.03. The van der Waals surface area contributed by atoms with E-state index in [0.29, 0.717) is 12.4 Å². The first-order chi connectivity index (χ1) is 4.87. The van der Waals surface area contributed by atoms with Crippen LogP contribution in [0.2, 0.25) is 0 Å². The van der Waals surface area contributed by atoms with Crippen molar-refractivity contribution in [1.82, 2.24) is 10.1 Å². The lowest BCUT2D eigenvalue weighted by molar-refractivity contribution is 0.346. The van der Waals surface area contributed by atoms with Gasteiger partial charge in [0.15, 0.2) is 6.33 Å². The lowest BCUT2D eigenvalue weighted by atomic mass is 10.1. The fraction of sp³-hybridized carbons (Fsp3) is 0.667. The maximum absolute atomic E-state index is 5.53. The van der Waals surface area contributed by atoms with Crippen LogP contribution in [0.1, 0.15) is 18.7 Å². The van der Waals surface area contributed by atoms with Crippen LogP contribution in [0.4, 0.5) is 0 Å². The molecule has 0 aliphatic heterocycles. The van der Waals surface area contributed by atoms with Crippen LogP contribution in [0.3, 0.4) is 0 Å². The molecule has 0 bridgehead atoms. The Morgan fingerprint density at radius 2 is 2.50 bits per heavy atom. The maximum Gasteiger partial charge on any atom is 0.233 e. The summed E-state index contributed by atoms with van der Waals surface area (Å²) >= 11 is 0. The molecule has 1 saturated carbocycles. The third-order valence-electron chi connectivity index (χ3n) is 2.06. The molecule has 0 saturated heterocycles. The van der Waals surface area contributed by atoms with Gasteiger partial charge in [-0.15, -0.1) is 0 Å². The van der Waals surface area contributed by atoms with Crippen LogP contribution in [0.15, 0.2) is 10.9 Å². The number of nitrogens with two attached hydrogens (primary N) is 1. The number of hydrogen-bond donors (Lipinski definition) is 1. The summed E-state index contributed by atoms with van der Waals surface area (Å²) in [5, 5.41) is 3.53. The van der Waals surface area contributed by atoms with Crippen molar-refractivity contribution in [3.8, 4) is 0 Å². The molecule has 4 heteroatoms. The summed E-state index contributed by atoms with van der Waals surface area (Å²) in [4.78, 5) is 3.96. The molecule has 0 amide bonds. The Kier molecular flexibility index (Phi) is 1.05. The highest BCUT2D eigenvalue weighted by atomic mass is 16.5. The van der Waals surface area contributed by atoms with Crippen molar-refractivity contribution in [3.63, 3.8) is 0 Å². The minimum atomic E-state index is 0.0521. The van der Waals surface area contributed by atoms with E-state index in [9.17, 15) is 0 Å². The predicted molar refractivity (Wildman–Crippen MR) is 34.3 cm³/mol. The molecule has 0 spiro atoms. The highest BCUT2D eigenvalue weighted by Gasteiger charge is 2.47. The molecule has 0 radical (unpaired) electrons. The zero-order valence-corrected chi connectivity index (χ0v) is 5.58. The Morgan fingerprint density at radius 3 is 2.90 bits per heavy atom. The maximum atomic E-state index is 5.53. The molecule has 1 fully saturated rings. The molecular formula is C6H9N3O. The molecule has 1 aromatic rings. The first-order valence-corrected chi connectivity index (χ1v) is 3.35. The monoisotopic (exact) mass is 139 g/mol. The number of hydrogen-bond acceptors (Lipinski definition) is 4. The first-order valence-electron chi connectivity index (χ1n) is 3.35. The van der Waals surface area contributed by atoms with Crippen LogP contribution in [-0.4, -0.2) is 16.7 Å². The van der Waals surface area contributed by atoms with Crippen LogP contribution in [0.25, 0.3) is 0 Å². The van der Waals surface area contributed by atoms with Gasteiger partial charge in [-0.2, -0.15) is 4.98 Å². The predicted octanol–water partition coefficient (Wildman–Crippen LogP) is 0.0599. The fourth-order valence-corrected chi connectivity index (χ4v) is 1.06. The van der Waals surface area contributed by atoms with Gasteiger partial charge in [0, 0.05) is 6.54 Å². The van der Waals surface area contributed by atoms with Gasteiger partial charge in [0.25, 0.3) is 0 Å². The third-order valence-corrected chi connectivity index (χ3v) is 2.06. The van der Waals surface area contributed by atoms with E-state index in [1.165, 1.54) is 6.33 Å². The lowest BCUT2D eigenvalue weighted by Gasteiger charge is -2.02. The lowest BCUT2D eigenvalue weighted by Crippen LogP contribution is -2.19. The Balaban J connectivity index is 2.27. The minimum absolute atomic E-state index is 0.0521. The molecule has 1 aromatic heterocycles. The number of aromatic nitrogens is 2. The average molecular weight is 139 g/mol. The highest BCUT2D eigenvalue weighted by molar-refractivity contribution is 5.14. The first kappa shape index (κ1) is 5.85. The van der Waals surface area contributed by atoms with Gasteiger partial charge in [0.1, 0.15) is 0 Å². The molecule has 54 valence electrons. The average Bonchev–Trinajstić information content (AvgIpc) is 2.58. The SMILES string of the molecule is NCC1(c2ncno2)CC1. The van der Waals surface area contributed by atoms with E-state index in [1.54, 1.807) is 0 Å². The molecular weight excluding hydrogens is 130 g/mol. The van der Waals surface area contributed by atoms with Gasteiger partial charge in [-0.25, -0.2) is 0 Å². The van der Waals surface area contributed by atoms with Gasteiger partial charge < -0.3 is 10.3 Å². The molecule has 1 aliphatic carbocycles. The smallest absolute Gasteiger partial charge is 0.233 e. The van der Waals surface area contributed by atoms with Crippen LogP contribution in [0.5, 0.6) is 0 Å². The van der Waals surface area contributed by atoms with Crippen LogP contribution in [-0.2, 0) is 5.41 Å². The molecule has 1 heterocycles. The van der Waals surface area contributed by atoms with Crippen molar-refractivity contribution < 1.29 is 4.52 Å². The molecule has 1 aliphatic rings. The summed E-state index contributed by atoms with van der Waals surface area (Å²) in [6.45, 7) is 0.620. The van der Waals surface area contributed by atoms with Crippen molar-refractivity contribution in [3.05, 3.63) is 12.2 Å². The van der Waals surface area contributed by atoms with Crippen molar-refractivity contribution in [1.29, 1.82) is 0 Å². The molecule has 4 nitrogen and oxygen atoms in total. The zero-order valence-electron chi connectivity index (χ0n) is 5.58. The fourth-order valence-electron chi connectivity index (χ4n) is 1.06. The van der Waals surface area contributed by atoms with Crippen molar-refractivity contribution >= 4 is 0 Å². The molecule has 0 unspecified atom stereocenters. The highest BCUT2D eigenvalue weighted by Crippen LogP contribution is 2.45. The summed E-state index contributed by atoms with van der Waals surface area (Å²) < 4.78 is 4.91. The second-order valence-electron chi connectivity index (χ2n) is 2.73. The largest absolute Gasteiger partial charge is 0.339 e. The van der Waals surface area contributed by atoms with E-state index < -0.39 is 0 Å². The van der Waals surface area contributed by atoms with Gasteiger partial charge in [0.2, 0.25) is 5.89 Å². The number of rotatable bonds is 2. The van der Waals surface area contributed by atoms with Crippen molar-refractivity contribution in [2.75, 3.05) is 6.54 Å². The standard InChI is InChI=1S/C6H9N3O/c7-3-6(1-2-6)5-8-4-9-10-5/h4H,1-3,7H2. The van der Waals surface area contributed by atoms with E-state index in [2.05, 4.69) is 10.1 Å². The van der Waals surface area contributed by atoms with Gasteiger partial charge >= 0.3 is 0 Å². The summed E-state index contributed by atoms with van der Waals surface area (Å²) in [5.41, 5.74) is 5.58. The number of nitrogens with zero attached hydrogens (tertiary/aromatic N) is 2. The van der Waals surface area contributed by atoms with Crippen LogP contribution >= 0.6 is 0 Å². The summed E-state index contributed by atoms with van der Waals surface area (Å²) in [5.74, 6) is 0.704. The van der Waals surface area contributed by atoms with E-state index >= 15 is 0 Å². The van der Waals surface area contributed by atoms with Crippen LogP contribution in [0, 0.1) is 0 Å². The van der Waals surface area contributed by atoms with Gasteiger partial charge in [-0.05, 0) is 12.8 Å². The van der Waals surface area contributed by atoms with Gasteiger partial charge in [0.05, 0.1) is 5.41 Å². The molecule has 0 atom stereocenters. The van der Waals surface area contributed by atoms with Crippen LogP contribution < -0.4 is 5.73 Å². The van der Waals surface area contributed by atoms with Gasteiger partial charge in [-0.1, -0.05) is 5.16 Å². The third kappa shape index (κ3) is 0.654. The molecule has 2 rings (SSSR count). The van der Waals surface area contributed by atoms with Crippen molar-refractivity contribution in [2.24, 2.45) is 5.73 Å². The van der Waals surface area contributed by atoms with Gasteiger partial charge in [-0.3, -0.25) is 0 Å². The topological polar surface area (TPSA) is 64.9 Å². The van der Waals surface area contributed by atoms with E-state index in [0.717, 1.165) is 12.8 Å². The van der Waals surface area contributed by atoms with E-state index in [-0.39, 0.29) is 5.41 Å². The molecule has 0 aromatic carbocycles. The molecule has 10 heavy (non-hydrogen) atoms. The van der Waals surface area contributed by atoms with E-state index in [4.69, 9.17) is 10.3 Å². The second-order valence-corrected chi connectivity index (χ2v) is 2.73.